The number of imidazole rings is 1. The van der Waals surface area contributed by atoms with Crippen LogP contribution < -0.4 is 4.74 Å². The number of benzene rings is 2. The molecule has 3 rings (SSSR count). The van der Waals surface area contributed by atoms with Gasteiger partial charge in [-0.15, -0.1) is 0 Å². The van der Waals surface area contributed by atoms with Gasteiger partial charge in [-0.3, -0.25) is 0 Å². The molecular formula is C19H19F3N2O2. The third-order valence-corrected chi connectivity index (χ3v) is 4.04. The maximum Gasteiger partial charge on any atom is 0.449 e. The van der Waals surface area contributed by atoms with E-state index in [1.807, 2.05) is 31.2 Å². The molecular weight excluding hydrogens is 345 g/mol. The van der Waals surface area contributed by atoms with Gasteiger partial charge >= 0.3 is 6.18 Å². The largest absolute Gasteiger partial charge is 0.497 e. The molecule has 0 bridgehead atoms. The molecule has 0 aliphatic rings. The molecule has 0 amide bonds. The van der Waals surface area contributed by atoms with Crippen LogP contribution in [0.15, 0.2) is 42.5 Å². The number of alkyl halides is 3. The summed E-state index contributed by atoms with van der Waals surface area (Å²) in [6.07, 6.45) is -4.51. The summed E-state index contributed by atoms with van der Waals surface area (Å²) in [6, 6.07) is 12.4. The Morgan fingerprint density at radius 3 is 2.46 bits per heavy atom. The monoisotopic (exact) mass is 364 g/mol. The molecule has 0 aliphatic carbocycles. The summed E-state index contributed by atoms with van der Waals surface area (Å²) in [7, 11) is 1.58. The van der Waals surface area contributed by atoms with Crippen LogP contribution in [0.2, 0.25) is 0 Å². The number of methoxy groups -OCH3 is 1. The maximum atomic E-state index is 13.3. The van der Waals surface area contributed by atoms with Gasteiger partial charge in [0.15, 0.2) is 0 Å². The Balaban J connectivity index is 1.71. The summed E-state index contributed by atoms with van der Waals surface area (Å²) in [4.78, 5) is 3.77. The fourth-order valence-electron chi connectivity index (χ4n) is 2.75. The van der Waals surface area contributed by atoms with Crippen LogP contribution in [0.3, 0.4) is 0 Å². The predicted octanol–water partition coefficient (Wildman–Crippen LogP) is 4.59. The molecule has 7 heteroatoms. The number of aromatic nitrogens is 2. The average Bonchev–Trinajstić information content (AvgIpc) is 2.97. The second-order valence-electron chi connectivity index (χ2n) is 5.98. The number of rotatable bonds is 6. The van der Waals surface area contributed by atoms with Crippen molar-refractivity contribution in [3.05, 3.63) is 59.4 Å². The topological polar surface area (TPSA) is 36.3 Å². The SMILES string of the molecule is COc1ccc(COCCn2c(C(F)(F)F)nc3cc(C)ccc32)cc1. The lowest BCUT2D eigenvalue weighted by Crippen LogP contribution is -2.17. The quantitative estimate of drug-likeness (QED) is 0.600. The van der Waals surface area contributed by atoms with Crippen molar-refractivity contribution in [2.45, 2.75) is 26.3 Å². The first kappa shape index (κ1) is 18.3. The van der Waals surface area contributed by atoms with Gasteiger partial charge < -0.3 is 14.0 Å². The molecule has 0 radical (unpaired) electrons. The average molecular weight is 364 g/mol. The van der Waals surface area contributed by atoms with E-state index in [9.17, 15) is 13.2 Å². The van der Waals surface area contributed by atoms with Crippen molar-refractivity contribution in [2.75, 3.05) is 13.7 Å². The number of hydrogen-bond acceptors (Lipinski definition) is 3. The molecule has 2 aromatic carbocycles. The van der Waals surface area contributed by atoms with Crippen LogP contribution in [-0.4, -0.2) is 23.3 Å². The zero-order valence-electron chi connectivity index (χ0n) is 14.5. The zero-order chi connectivity index (χ0) is 18.7. The van der Waals surface area contributed by atoms with Crippen molar-refractivity contribution in [3.63, 3.8) is 0 Å². The third kappa shape index (κ3) is 3.99. The first-order valence-corrected chi connectivity index (χ1v) is 8.13. The fourth-order valence-corrected chi connectivity index (χ4v) is 2.75. The van der Waals surface area contributed by atoms with Crippen molar-refractivity contribution >= 4 is 11.0 Å². The van der Waals surface area contributed by atoms with E-state index in [1.54, 1.807) is 25.3 Å². The number of hydrogen-bond donors (Lipinski definition) is 0. The second-order valence-corrected chi connectivity index (χ2v) is 5.98. The summed E-state index contributed by atoms with van der Waals surface area (Å²) in [6.45, 7) is 2.36. The minimum Gasteiger partial charge on any atom is -0.497 e. The van der Waals surface area contributed by atoms with E-state index in [0.29, 0.717) is 17.6 Å². The Bertz CT molecular complexity index is 886. The van der Waals surface area contributed by atoms with Crippen LogP contribution in [-0.2, 0) is 24.1 Å². The van der Waals surface area contributed by atoms with E-state index in [2.05, 4.69) is 4.98 Å². The van der Waals surface area contributed by atoms with Gasteiger partial charge in [-0.25, -0.2) is 4.98 Å². The number of nitrogens with zero attached hydrogens (tertiary/aromatic N) is 2. The van der Waals surface area contributed by atoms with Crippen molar-refractivity contribution < 1.29 is 22.6 Å². The van der Waals surface area contributed by atoms with Crippen molar-refractivity contribution in [1.82, 2.24) is 9.55 Å². The lowest BCUT2D eigenvalue weighted by atomic mass is 10.2. The van der Waals surface area contributed by atoms with Gasteiger partial charge in [-0.1, -0.05) is 18.2 Å². The molecule has 0 N–H and O–H groups in total. The van der Waals surface area contributed by atoms with Gasteiger partial charge in [0.05, 0.1) is 31.4 Å². The van der Waals surface area contributed by atoms with Gasteiger partial charge in [0.1, 0.15) is 5.75 Å². The van der Waals surface area contributed by atoms with E-state index in [0.717, 1.165) is 16.9 Å². The molecule has 0 saturated carbocycles. The minimum absolute atomic E-state index is 0.0740. The molecule has 0 saturated heterocycles. The van der Waals surface area contributed by atoms with E-state index in [4.69, 9.17) is 9.47 Å². The van der Waals surface area contributed by atoms with Crippen molar-refractivity contribution in [3.8, 4) is 5.75 Å². The van der Waals surface area contributed by atoms with E-state index < -0.39 is 12.0 Å². The molecule has 0 fully saturated rings. The zero-order valence-corrected chi connectivity index (χ0v) is 14.5. The molecule has 0 unspecified atom stereocenters. The number of halogens is 3. The van der Waals surface area contributed by atoms with Crippen LogP contribution in [0.1, 0.15) is 17.0 Å². The first-order chi connectivity index (χ1) is 12.4. The van der Waals surface area contributed by atoms with E-state index >= 15 is 0 Å². The van der Waals surface area contributed by atoms with Gasteiger partial charge in [0, 0.05) is 6.54 Å². The Morgan fingerprint density at radius 2 is 1.81 bits per heavy atom. The molecule has 0 aliphatic heterocycles. The molecule has 0 atom stereocenters. The van der Waals surface area contributed by atoms with Crippen LogP contribution >= 0.6 is 0 Å². The predicted molar refractivity (Wildman–Crippen MR) is 92.1 cm³/mol. The first-order valence-electron chi connectivity index (χ1n) is 8.13. The Morgan fingerprint density at radius 1 is 1.08 bits per heavy atom. The molecule has 0 spiro atoms. The molecule has 1 aromatic heterocycles. The van der Waals surface area contributed by atoms with Crippen molar-refractivity contribution in [2.24, 2.45) is 0 Å². The summed E-state index contributed by atoms with van der Waals surface area (Å²) in [5.74, 6) is -0.158. The fraction of sp³-hybridized carbons (Fsp3) is 0.316. The third-order valence-electron chi connectivity index (χ3n) is 4.04. The lowest BCUT2D eigenvalue weighted by molar-refractivity contribution is -0.147. The summed E-state index contributed by atoms with van der Waals surface area (Å²) >= 11 is 0. The molecule has 138 valence electrons. The number of fused-ring (bicyclic) bond motifs is 1. The van der Waals surface area contributed by atoms with E-state index in [1.165, 1.54) is 4.57 Å². The molecule has 3 aromatic rings. The van der Waals surface area contributed by atoms with Crippen LogP contribution in [0.5, 0.6) is 5.75 Å². The summed E-state index contributed by atoms with van der Waals surface area (Å²) in [5, 5.41) is 0. The van der Waals surface area contributed by atoms with Crippen molar-refractivity contribution in [1.29, 1.82) is 0 Å². The Hall–Kier alpha value is -2.54. The highest BCUT2D eigenvalue weighted by Crippen LogP contribution is 2.31. The van der Waals surface area contributed by atoms with Gasteiger partial charge in [-0.05, 0) is 42.3 Å². The standard InChI is InChI=1S/C19H19F3N2O2/c1-13-3-8-17-16(11-13)23-18(19(20,21)22)24(17)9-10-26-12-14-4-6-15(25-2)7-5-14/h3-8,11H,9-10,12H2,1-2H3. The molecule has 4 nitrogen and oxygen atoms in total. The normalized spacial score (nSPS) is 11.9. The number of ether oxygens (including phenoxy) is 2. The highest BCUT2D eigenvalue weighted by molar-refractivity contribution is 5.77. The molecule has 26 heavy (non-hydrogen) atoms. The van der Waals surface area contributed by atoms with Crippen LogP contribution in [0.25, 0.3) is 11.0 Å². The van der Waals surface area contributed by atoms with Gasteiger partial charge in [0.2, 0.25) is 5.82 Å². The van der Waals surface area contributed by atoms with Crippen LogP contribution in [0, 0.1) is 6.92 Å². The highest BCUT2D eigenvalue weighted by atomic mass is 19.4. The van der Waals surface area contributed by atoms with Gasteiger partial charge in [-0.2, -0.15) is 13.2 Å². The smallest absolute Gasteiger partial charge is 0.449 e. The van der Waals surface area contributed by atoms with Gasteiger partial charge in [0.25, 0.3) is 0 Å². The maximum absolute atomic E-state index is 13.3. The summed E-state index contributed by atoms with van der Waals surface area (Å²) in [5.41, 5.74) is 2.59. The number of aryl methyl sites for hydroxylation is 1. The summed E-state index contributed by atoms with van der Waals surface area (Å²) < 4.78 is 51.7. The highest BCUT2D eigenvalue weighted by Gasteiger charge is 2.37. The Labute approximate surface area is 149 Å². The second kappa shape index (κ2) is 7.37. The Kier molecular flexibility index (Phi) is 5.18. The van der Waals surface area contributed by atoms with Crippen LogP contribution in [0.4, 0.5) is 13.2 Å². The lowest BCUT2D eigenvalue weighted by Gasteiger charge is -2.12. The minimum atomic E-state index is -4.51. The molecule has 1 heterocycles. The van der Waals surface area contributed by atoms with E-state index in [-0.39, 0.29) is 13.2 Å².